The van der Waals surface area contributed by atoms with Crippen molar-refractivity contribution in [3.05, 3.63) is 95.4 Å². The lowest BCUT2D eigenvalue weighted by Crippen LogP contribution is -2.13. The summed E-state index contributed by atoms with van der Waals surface area (Å²) in [4.78, 5) is 12.8. The van der Waals surface area contributed by atoms with Crippen LogP contribution in [0.2, 0.25) is 0 Å². The van der Waals surface area contributed by atoms with E-state index in [0.717, 1.165) is 17.1 Å². The number of aromatic nitrogens is 3. The van der Waals surface area contributed by atoms with Gasteiger partial charge in [-0.05, 0) is 41.3 Å². The number of nitrogens with one attached hydrogen (secondary N) is 1. The molecule has 5 heteroatoms. The highest BCUT2D eigenvalue weighted by Crippen LogP contribution is 2.19. The van der Waals surface area contributed by atoms with Crippen molar-refractivity contribution >= 4 is 17.2 Å². The van der Waals surface area contributed by atoms with E-state index in [0.29, 0.717) is 23.5 Å². The molecule has 1 N–H and O–H groups in total. The molecule has 0 saturated heterocycles. The Balaban J connectivity index is 1.59. The topological polar surface area (TPSA) is 59.3 Å². The molecule has 4 rings (SSSR count). The van der Waals surface area contributed by atoms with E-state index < -0.39 is 0 Å². The molecule has 2 heterocycles. The number of hydrogen-bond acceptors (Lipinski definition) is 3. The van der Waals surface area contributed by atoms with Crippen molar-refractivity contribution in [3.8, 4) is 0 Å². The fourth-order valence-corrected chi connectivity index (χ4v) is 3.19. The highest BCUT2D eigenvalue weighted by molar-refractivity contribution is 6.08. The summed E-state index contributed by atoms with van der Waals surface area (Å²) in [6.07, 6.45) is 2.55. The summed E-state index contributed by atoms with van der Waals surface area (Å²) in [5.41, 5.74) is 4.22. The molecule has 0 aliphatic carbocycles. The molecule has 5 nitrogen and oxygen atoms in total. The largest absolute Gasteiger partial charge is 0.322 e. The Morgan fingerprint density at radius 2 is 1.71 bits per heavy atom. The lowest BCUT2D eigenvalue weighted by molar-refractivity contribution is 0.102. The Bertz CT molecular complexity index is 1100. The van der Waals surface area contributed by atoms with Crippen LogP contribution in [0.3, 0.4) is 0 Å². The van der Waals surface area contributed by atoms with Gasteiger partial charge in [-0.2, -0.15) is 0 Å². The second-order valence-corrected chi connectivity index (χ2v) is 7.12. The third-order valence-electron chi connectivity index (χ3n) is 4.79. The number of anilines is 1. The Labute approximate surface area is 164 Å². The van der Waals surface area contributed by atoms with Gasteiger partial charge in [-0.3, -0.25) is 9.20 Å². The zero-order valence-corrected chi connectivity index (χ0v) is 16.0. The SMILES string of the molecule is CC(C)c1ccc(NC(=O)c2cccn3c(Cc4ccccc4)nnc23)cc1. The monoisotopic (exact) mass is 370 g/mol. The predicted octanol–water partition coefficient (Wildman–Crippen LogP) is 4.70. The average Bonchev–Trinajstić information content (AvgIpc) is 3.12. The zero-order valence-electron chi connectivity index (χ0n) is 16.0. The molecule has 1 amide bonds. The molecule has 0 bridgehead atoms. The van der Waals surface area contributed by atoms with E-state index in [1.54, 1.807) is 6.07 Å². The van der Waals surface area contributed by atoms with Gasteiger partial charge < -0.3 is 5.32 Å². The highest BCUT2D eigenvalue weighted by atomic mass is 16.1. The number of carbonyl (C=O) groups is 1. The second-order valence-electron chi connectivity index (χ2n) is 7.12. The lowest BCUT2D eigenvalue weighted by atomic mass is 10.0. The Morgan fingerprint density at radius 3 is 2.43 bits per heavy atom. The van der Waals surface area contributed by atoms with E-state index in [1.807, 2.05) is 59.1 Å². The molecule has 28 heavy (non-hydrogen) atoms. The van der Waals surface area contributed by atoms with Crippen LogP contribution in [0, 0.1) is 0 Å². The van der Waals surface area contributed by atoms with E-state index in [4.69, 9.17) is 0 Å². The number of hydrogen-bond donors (Lipinski definition) is 1. The fourth-order valence-electron chi connectivity index (χ4n) is 3.19. The number of carbonyl (C=O) groups excluding carboxylic acids is 1. The third kappa shape index (κ3) is 3.64. The minimum Gasteiger partial charge on any atom is -0.322 e. The van der Waals surface area contributed by atoms with Crippen LogP contribution in [0.5, 0.6) is 0 Å². The van der Waals surface area contributed by atoms with Gasteiger partial charge in [0.2, 0.25) is 0 Å². The lowest BCUT2D eigenvalue weighted by Gasteiger charge is -2.09. The first-order valence-electron chi connectivity index (χ1n) is 9.39. The van der Waals surface area contributed by atoms with Gasteiger partial charge in [0, 0.05) is 18.3 Å². The van der Waals surface area contributed by atoms with Crippen LogP contribution >= 0.6 is 0 Å². The molecule has 2 aromatic heterocycles. The van der Waals surface area contributed by atoms with Crippen molar-refractivity contribution in [3.63, 3.8) is 0 Å². The van der Waals surface area contributed by atoms with Gasteiger partial charge in [0.05, 0.1) is 5.56 Å². The summed E-state index contributed by atoms with van der Waals surface area (Å²) in [5, 5.41) is 11.5. The predicted molar refractivity (Wildman–Crippen MR) is 111 cm³/mol. The Kier molecular flexibility index (Phi) is 4.89. The molecule has 4 aromatic rings. The van der Waals surface area contributed by atoms with Gasteiger partial charge in [-0.1, -0.05) is 56.3 Å². The van der Waals surface area contributed by atoms with E-state index >= 15 is 0 Å². The fraction of sp³-hybridized carbons (Fsp3) is 0.174. The van der Waals surface area contributed by atoms with Gasteiger partial charge in [0.1, 0.15) is 5.82 Å². The van der Waals surface area contributed by atoms with Crippen molar-refractivity contribution in [1.82, 2.24) is 14.6 Å². The third-order valence-corrected chi connectivity index (χ3v) is 4.79. The molecule has 0 aliphatic rings. The Hall–Kier alpha value is -3.47. The van der Waals surface area contributed by atoms with E-state index in [9.17, 15) is 4.79 Å². The number of fused-ring (bicyclic) bond motifs is 1. The van der Waals surface area contributed by atoms with Crippen molar-refractivity contribution in [2.75, 3.05) is 5.32 Å². The van der Waals surface area contributed by atoms with Crippen molar-refractivity contribution in [2.24, 2.45) is 0 Å². The maximum atomic E-state index is 12.8. The molecular weight excluding hydrogens is 348 g/mol. The number of pyridine rings is 1. The van der Waals surface area contributed by atoms with Gasteiger partial charge in [-0.15, -0.1) is 10.2 Å². The van der Waals surface area contributed by atoms with Gasteiger partial charge in [-0.25, -0.2) is 0 Å². The first-order chi connectivity index (χ1) is 13.6. The molecule has 140 valence electrons. The first kappa shape index (κ1) is 17.9. The van der Waals surface area contributed by atoms with Crippen LogP contribution in [-0.2, 0) is 6.42 Å². The molecule has 0 aliphatic heterocycles. The van der Waals surface area contributed by atoms with E-state index in [2.05, 4.69) is 41.5 Å². The van der Waals surface area contributed by atoms with Crippen molar-refractivity contribution < 1.29 is 4.79 Å². The van der Waals surface area contributed by atoms with Crippen LogP contribution in [0.15, 0.2) is 72.9 Å². The molecule has 0 radical (unpaired) electrons. The van der Waals surface area contributed by atoms with Crippen LogP contribution in [-0.4, -0.2) is 20.5 Å². The van der Waals surface area contributed by atoms with Gasteiger partial charge in [0.15, 0.2) is 5.65 Å². The van der Waals surface area contributed by atoms with E-state index in [-0.39, 0.29) is 5.91 Å². The van der Waals surface area contributed by atoms with E-state index in [1.165, 1.54) is 5.56 Å². The summed E-state index contributed by atoms with van der Waals surface area (Å²) in [6.45, 7) is 4.29. The molecule has 0 spiro atoms. The maximum absolute atomic E-state index is 12.8. The summed E-state index contributed by atoms with van der Waals surface area (Å²) in [7, 11) is 0. The first-order valence-corrected chi connectivity index (χ1v) is 9.39. The second kappa shape index (κ2) is 7.64. The number of nitrogens with zero attached hydrogens (tertiary/aromatic N) is 3. The van der Waals surface area contributed by atoms with Crippen LogP contribution in [0.4, 0.5) is 5.69 Å². The van der Waals surface area contributed by atoms with Crippen LogP contribution in [0.1, 0.15) is 47.1 Å². The molecule has 0 unspecified atom stereocenters. The summed E-state index contributed by atoms with van der Waals surface area (Å²) < 4.78 is 1.88. The normalized spacial score (nSPS) is 11.1. The zero-order chi connectivity index (χ0) is 19.5. The molecular formula is C23H22N4O. The molecule has 0 atom stereocenters. The molecule has 2 aromatic carbocycles. The quantitative estimate of drug-likeness (QED) is 0.554. The smallest absolute Gasteiger partial charge is 0.259 e. The number of rotatable bonds is 5. The Morgan fingerprint density at radius 1 is 0.964 bits per heavy atom. The van der Waals surface area contributed by atoms with Crippen molar-refractivity contribution in [1.29, 1.82) is 0 Å². The van der Waals surface area contributed by atoms with Crippen molar-refractivity contribution in [2.45, 2.75) is 26.2 Å². The molecule has 0 fully saturated rings. The summed E-state index contributed by atoms with van der Waals surface area (Å²) in [6, 6.07) is 21.7. The molecule has 0 saturated carbocycles. The minimum atomic E-state index is -0.193. The maximum Gasteiger partial charge on any atom is 0.259 e. The summed E-state index contributed by atoms with van der Waals surface area (Å²) in [5.74, 6) is 1.07. The average molecular weight is 370 g/mol. The number of amides is 1. The number of benzene rings is 2. The van der Waals surface area contributed by atoms with Crippen LogP contribution < -0.4 is 5.32 Å². The minimum absolute atomic E-state index is 0.193. The highest BCUT2D eigenvalue weighted by Gasteiger charge is 2.15. The van der Waals surface area contributed by atoms with Gasteiger partial charge in [0.25, 0.3) is 5.91 Å². The van der Waals surface area contributed by atoms with Gasteiger partial charge >= 0.3 is 0 Å². The van der Waals surface area contributed by atoms with Crippen LogP contribution in [0.25, 0.3) is 5.65 Å². The standard InChI is InChI=1S/C23H22N4O/c1-16(2)18-10-12-19(13-11-18)24-23(28)20-9-6-14-27-21(25-26-22(20)27)15-17-7-4-3-5-8-17/h3-14,16H,15H2,1-2H3,(H,24,28). The summed E-state index contributed by atoms with van der Waals surface area (Å²) >= 11 is 0.